The fourth-order valence-corrected chi connectivity index (χ4v) is 2.50. The van der Waals surface area contributed by atoms with Crippen molar-refractivity contribution in [2.75, 3.05) is 6.54 Å². The topological polar surface area (TPSA) is 66.6 Å². The first kappa shape index (κ1) is 16.3. The molecule has 0 spiro atoms. The van der Waals surface area contributed by atoms with Crippen LogP contribution in [0.5, 0.6) is 0 Å². The van der Waals surface area contributed by atoms with Crippen molar-refractivity contribution >= 4 is 23.2 Å². The van der Waals surface area contributed by atoms with Gasteiger partial charge in [-0.2, -0.15) is 0 Å². The molecule has 0 saturated heterocycles. The minimum absolute atomic E-state index is 0.510. The van der Waals surface area contributed by atoms with E-state index in [1.54, 1.807) is 0 Å². The van der Waals surface area contributed by atoms with Crippen LogP contribution in [-0.2, 0) is 13.1 Å². The number of halogens is 1. The number of aliphatic imine (C=N–C) groups is 1. The first-order valence-electron chi connectivity index (χ1n) is 7.82. The van der Waals surface area contributed by atoms with E-state index < -0.39 is 0 Å². The lowest BCUT2D eigenvalue weighted by Gasteiger charge is -2.11. The third-order valence-corrected chi connectivity index (χ3v) is 3.88. The van der Waals surface area contributed by atoms with Crippen LogP contribution >= 0.6 is 11.6 Å². The summed E-state index contributed by atoms with van der Waals surface area (Å²) in [7, 11) is 0. The van der Waals surface area contributed by atoms with Crippen molar-refractivity contribution in [1.82, 2.24) is 25.2 Å². The van der Waals surface area contributed by atoms with Gasteiger partial charge in [0.05, 0.1) is 13.1 Å². The molecule has 0 atom stereocenters. The molecule has 2 heterocycles. The number of nitrogens with zero attached hydrogens (tertiary/aromatic N) is 4. The van der Waals surface area contributed by atoms with Crippen molar-refractivity contribution in [3.8, 4) is 0 Å². The summed E-state index contributed by atoms with van der Waals surface area (Å²) in [4.78, 5) is 4.58. The number of guanidine groups is 1. The highest BCUT2D eigenvalue weighted by Gasteiger charge is 2.06. The average Bonchev–Trinajstić information content (AvgIpc) is 3.02. The van der Waals surface area contributed by atoms with Gasteiger partial charge in [0.2, 0.25) is 0 Å². The highest BCUT2D eigenvalue weighted by atomic mass is 35.5. The largest absolute Gasteiger partial charge is 0.357 e. The maximum Gasteiger partial charge on any atom is 0.191 e. The molecule has 0 saturated carbocycles. The van der Waals surface area contributed by atoms with Crippen LogP contribution in [0.15, 0.2) is 53.7 Å². The Morgan fingerprint density at radius 2 is 1.96 bits per heavy atom. The van der Waals surface area contributed by atoms with Crippen LogP contribution in [-0.4, -0.2) is 27.1 Å². The van der Waals surface area contributed by atoms with Crippen molar-refractivity contribution in [1.29, 1.82) is 0 Å². The molecule has 0 radical (unpaired) electrons. The molecule has 1 aromatic carbocycles. The summed E-state index contributed by atoms with van der Waals surface area (Å²) < 4.78 is 1.95. The number of nitrogens with one attached hydrogen (secondary N) is 2. The zero-order valence-electron chi connectivity index (χ0n) is 13.4. The summed E-state index contributed by atoms with van der Waals surface area (Å²) in [5, 5.41) is 15.6. The predicted molar refractivity (Wildman–Crippen MR) is 96.1 cm³/mol. The summed E-state index contributed by atoms with van der Waals surface area (Å²) >= 11 is 6.18. The zero-order chi connectivity index (χ0) is 16.8. The molecule has 3 rings (SSSR count). The zero-order valence-corrected chi connectivity index (χ0v) is 14.2. The second-order valence-electron chi connectivity index (χ2n) is 5.19. The van der Waals surface area contributed by atoms with E-state index in [2.05, 4.69) is 25.8 Å². The molecule has 0 unspecified atom stereocenters. The van der Waals surface area contributed by atoms with Gasteiger partial charge in [-0.3, -0.25) is 4.40 Å². The van der Waals surface area contributed by atoms with Crippen molar-refractivity contribution in [3.05, 3.63) is 65.1 Å². The van der Waals surface area contributed by atoms with Crippen LogP contribution in [0.3, 0.4) is 0 Å². The number of aromatic nitrogens is 3. The average molecular weight is 343 g/mol. The van der Waals surface area contributed by atoms with Crippen LogP contribution < -0.4 is 10.6 Å². The van der Waals surface area contributed by atoms with Gasteiger partial charge >= 0.3 is 0 Å². The molecule has 0 amide bonds. The molecular formula is C17H19ClN6. The van der Waals surface area contributed by atoms with E-state index in [-0.39, 0.29) is 0 Å². The van der Waals surface area contributed by atoms with E-state index in [9.17, 15) is 0 Å². The lowest BCUT2D eigenvalue weighted by atomic mass is 10.2. The van der Waals surface area contributed by atoms with Crippen LogP contribution in [0.1, 0.15) is 18.3 Å². The molecule has 0 aliphatic carbocycles. The molecule has 24 heavy (non-hydrogen) atoms. The quantitative estimate of drug-likeness (QED) is 0.552. The lowest BCUT2D eigenvalue weighted by Crippen LogP contribution is -2.37. The van der Waals surface area contributed by atoms with Gasteiger partial charge in [-0.05, 0) is 30.7 Å². The fourth-order valence-electron chi connectivity index (χ4n) is 2.31. The molecule has 0 fully saturated rings. The standard InChI is InChI=1S/C17H19ClN6/c1-2-19-17(20-11-13-7-3-4-8-14(13)18)21-12-16-23-22-15-9-5-6-10-24(15)16/h3-10H,2,11-12H2,1H3,(H2,19,20,21). The van der Waals surface area contributed by atoms with Crippen molar-refractivity contribution < 1.29 is 0 Å². The first-order valence-corrected chi connectivity index (χ1v) is 8.20. The number of pyridine rings is 1. The van der Waals surface area contributed by atoms with E-state index in [1.807, 2.05) is 60.0 Å². The monoisotopic (exact) mass is 342 g/mol. The molecule has 6 nitrogen and oxygen atoms in total. The second kappa shape index (κ2) is 7.79. The summed E-state index contributed by atoms with van der Waals surface area (Å²) in [5.41, 5.74) is 1.82. The van der Waals surface area contributed by atoms with Gasteiger partial charge in [-0.25, -0.2) is 4.99 Å². The van der Waals surface area contributed by atoms with E-state index in [4.69, 9.17) is 11.6 Å². The van der Waals surface area contributed by atoms with Gasteiger partial charge in [0.1, 0.15) is 0 Å². The summed E-state index contributed by atoms with van der Waals surface area (Å²) in [5.74, 6) is 1.54. The van der Waals surface area contributed by atoms with E-state index >= 15 is 0 Å². The third kappa shape index (κ3) is 3.83. The number of hydrogen-bond acceptors (Lipinski definition) is 3. The lowest BCUT2D eigenvalue weighted by molar-refractivity contribution is 0.765. The first-order chi connectivity index (χ1) is 11.8. The van der Waals surface area contributed by atoms with Gasteiger partial charge in [-0.15, -0.1) is 10.2 Å². The molecule has 0 aliphatic rings. The SMILES string of the molecule is CCNC(=NCc1ccccc1Cl)NCc1nnc2ccccn12. The Labute approximate surface area is 145 Å². The Hall–Kier alpha value is -2.60. The van der Waals surface area contributed by atoms with Gasteiger partial charge in [0.15, 0.2) is 17.4 Å². The van der Waals surface area contributed by atoms with Crippen molar-refractivity contribution in [2.24, 2.45) is 4.99 Å². The van der Waals surface area contributed by atoms with Crippen LogP contribution in [0, 0.1) is 0 Å². The number of fused-ring (bicyclic) bond motifs is 1. The van der Waals surface area contributed by atoms with Gasteiger partial charge in [0.25, 0.3) is 0 Å². The summed E-state index contributed by atoms with van der Waals surface area (Å²) in [6.45, 7) is 3.84. The predicted octanol–water partition coefficient (Wildman–Crippen LogP) is 2.64. The number of benzene rings is 1. The maximum absolute atomic E-state index is 6.18. The molecular weight excluding hydrogens is 324 g/mol. The van der Waals surface area contributed by atoms with E-state index in [1.165, 1.54) is 0 Å². The van der Waals surface area contributed by atoms with Crippen molar-refractivity contribution in [2.45, 2.75) is 20.0 Å². The minimum Gasteiger partial charge on any atom is -0.357 e. The fraction of sp³-hybridized carbons (Fsp3) is 0.235. The molecule has 2 N–H and O–H groups in total. The molecule has 124 valence electrons. The smallest absolute Gasteiger partial charge is 0.191 e. The number of hydrogen-bond donors (Lipinski definition) is 2. The van der Waals surface area contributed by atoms with E-state index in [0.717, 1.165) is 28.6 Å². The Kier molecular flexibility index (Phi) is 5.28. The van der Waals surface area contributed by atoms with Gasteiger partial charge < -0.3 is 10.6 Å². The molecule has 3 aromatic rings. The number of rotatable bonds is 5. The van der Waals surface area contributed by atoms with Crippen LogP contribution in [0.25, 0.3) is 5.65 Å². The van der Waals surface area contributed by atoms with Crippen LogP contribution in [0.4, 0.5) is 0 Å². The molecule has 2 aromatic heterocycles. The Morgan fingerprint density at radius 3 is 2.79 bits per heavy atom. The minimum atomic E-state index is 0.510. The molecule has 0 bridgehead atoms. The molecule has 7 heteroatoms. The highest BCUT2D eigenvalue weighted by Crippen LogP contribution is 2.15. The van der Waals surface area contributed by atoms with E-state index in [0.29, 0.717) is 19.0 Å². The Bertz CT molecular complexity index is 842. The summed E-state index contributed by atoms with van der Waals surface area (Å²) in [6.07, 6.45) is 1.94. The van der Waals surface area contributed by atoms with Gasteiger partial charge in [0, 0.05) is 17.8 Å². The summed E-state index contributed by atoms with van der Waals surface area (Å²) in [6, 6.07) is 13.5. The van der Waals surface area contributed by atoms with Crippen LogP contribution in [0.2, 0.25) is 5.02 Å². The normalized spacial score (nSPS) is 11.7. The Morgan fingerprint density at radius 1 is 1.12 bits per heavy atom. The second-order valence-corrected chi connectivity index (χ2v) is 5.59. The third-order valence-electron chi connectivity index (χ3n) is 3.51. The van der Waals surface area contributed by atoms with Gasteiger partial charge in [-0.1, -0.05) is 35.9 Å². The molecule has 0 aliphatic heterocycles. The van der Waals surface area contributed by atoms with Crippen molar-refractivity contribution in [3.63, 3.8) is 0 Å². The maximum atomic E-state index is 6.18. The highest BCUT2D eigenvalue weighted by molar-refractivity contribution is 6.31. The Balaban J connectivity index is 1.69.